The Hall–Kier alpha value is -2.99. The van der Waals surface area contributed by atoms with E-state index in [9.17, 15) is 14.0 Å². The predicted molar refractivity (Wildman–Crippen MR) is 107 cm³/mol. The van der Waals surface area contributed by atoms with Crippen LogP contribution in [0.25, 0.3) is 11.3 Å². The maximum absolute atomic E-state index is 13.0. The zero-order chi connectivity index (χ0) is 20.1. The van der Waals surface area contributed by atoms with E-state index < -0.39 is 0 Å². The van der Waals surface area contributed by atoms with Crippen LogP contribution in [0.1, 0.15) is 24.9 Å². The van der Waals surface area contributed by atoms with Gasteiger partial charge in [0.2, 0.25) is 5.91 Å². The van der Waals surface area contributed by atoms with Gasteiger partial charge in [0.15, 0.2) is 0 Å². The van der Waals surface area contributed by atoms with Gasteiger partial charge in [0.05, 0.1) is 18.3 Å². The quantitative estimate of drug-likeness (QED) is 0.682. The second-order valence-electron chi connectivity index (χ2n) is 6.38. The number of hydrogen-bond acceptors (Lipinski definition) is 3. The summed E-state index contributed by atoms with van der Waals surface area (Å²) in [6.45, 7) is 1.96. The van der Waals surface area contributed by atoms with E-state index in [4.69, 9.17) is 11.6 Å². The van der Waals surface area contributed by atoms with Crippen molar-refractivity contribution in [1.82, 2.24) is 15.1 Å². The van der Waals surface area contributed by atoms with Gasteiger partial charge in [0.25, 0.3) is 5.56 Å². The van der Waals surface area contributed by atoms with Crippen LogP contribution in [-0.2, 0) is 11.3 Å². The summed E-state index contributed by atoms with van der Waals surface area (Å²) in [7, 11) is 0. The molecular formula is C21H19ClFN3O2. The molecule has 0 aliphatic rings. The molecule has 0 aliphatic carbocycles. The standard InChI is InChI=1S/C21H19ClFN3O2/c1-14(15-5-7-18(23)8-6-15)24-20(27)11-12-26-21(28)10-9-19(25-26)16-3-2-4-17(22)13-16/h2-10,13-14H,11-12H2,1H3,(H,24,27)/t14-/m0/s1. The number of benzene rings is 2. The van der Waals surface area contributed by atoms with Crippen molar-refractivity contribution in [3.63, 3.8) is 0 Å². The average molecular weight is 400 g/mol. The van der Waals surface area contributed by atoms with Gasteiger partial charge in [-0.15, -0.1) is 0 Å². The first-order valence-corrected chi connectivity index (χ1v) is 9.19. The lowest BCUT2D eigenvalue weighted by Crippen LogP contribution is -2.30. The first-order chi connectivity index (χ1) is 13.4. The second-order valence-corrected chi connectivity index (χ2v) is 6.82. The van der Waals surface area contributed by atoms with E-state index >= 15 is 0 Å². The number of nitrogens with zero attached hydrogens (tertiary/aromatic N) is 2. The molecule has 1 heterocycles. The van der Waals surface area contributed by atoms with Crippen molar-refractivity contribution >= 4 is 17.5 Å². The number of aromatic nitrogens is 2. The molecule has 144 valence electrons. The molecule has 1 aromatic heterocycles. The van der Waals surface area contributed by atoms with E-state index in [1.54, 1.807) is 36.4 Å². The largest absolute Gasteiger partial charge is 0.350 e. The maximum Gasteiger partial charge on any atom is 0.266 e. The fourth-order valence-electron chi connectivity index (χ4n) is 2.77. The van der Waals surface area contributed by atoms with Gasteiger partial charge in [-0.25, -0.2) is 9.07 Å². The lowest BCUT2D eigenvalue weighted by Gasteiger charge is -2.14. The fourth-order valence-corrected chi connectivity index (χ4v) is 2.96. The SMILES string of the molecule is C[C@H](NC(=O)CCn1nc(-c2cccc(Cl)c2)ccc1=O)c1ccc(F)cc1. The zero-order valence-electron chi connectivity index (χ0n) is 15.2. The molecular weight excluding hydrogens is 381 g/mol. The van der Waals surface area contributed by atoms with Crippen molar-refractivity contribution in [2.75, 3.05) is 0 Å². The normalized spacial score (nSPS) is 11.8. The Balaban J connectivity index is 1.65. The van der Waals surface area contributed by atoms with Gasteiger partial charge in [0.1, 0.15) is 5.82 Å². The molecule has 3 rings (SSSR count). The second kappa shape index (κ2) is 8.80. The van der Waals surface area contributed by atoms with E-state index in [0.717, 1.165) is 11.1 Å². The van der Waals surface area contributed by atoms with Crippen LogP contribution in [-0.4, -0.2) is 15.7 Å². The molecule has 28 heavy (non-hydrogen) atoms. The minimum atomic E-state index is -0.327. The van der Waals surface area contributed by atoms with Gasteiger partial charge in [-0.05, 0) is 42.8 Å². The Labute approximate surface area is 166 Å². The molecule has 0 fully saturated rings. The summed E-state index contributed by atoms with van der Waals surface area (Å²) in [6.07, 6.45) is 0.0947. The first kappa shape index (κ1) is 19.8. The van der Waals surface area contributed by atoms with Crippen LogP contribution in [0, 0.1) is 5.82 Å². The molecule has 0 radical (unpaired) electrons. The Morgan fingerprint density at radius 2 is 1.93 bits per heavy atom. The molecule has 0 saturated carbocycles. The predicted octanol–water partition coefficient (Wildman–Crippen LogP) is 3.97. The highest BCUT2D eigenvalue weighted by molar-refractivity contribution is 6.30. The van der Waals surface area contributed by atoms with Gasteiger partial charge in [0, 0.05) is 23.1 Å². The molecule has 3 aromatic rings. The van der Waals surface area contributed by atoms with Crippen molar-refractivity contribution in [1.29, 1.82) is 0 Å². The molecule has 0 saturated heterocycles. The average Bonchev–Trinajstić information content (AvgIpc) is 2.68. The van der Waals surface area contributed by atoms with Crippen LogP contribution in [0.15, 0.2) is 65.5 Å². The lowest BCUT2D eigenvalue weighted by atomic mass is 10.1. The topological polar surface area (TPSA) is 64.0 Å². The Kier molecular flexibility index (Phi) is 6.21. The first-order valence-electron chi connectivity index (χ1n) is 8.81. The van der Waals surface area contributed by atoms with Gasteiger partial charge in [-0.2, -0.15) is 5.10 Å². The monoisotopic (exact) mass is 399 g/mol. The fraction of sp³-hybridized carbons (Fsp3) is 0.190. The highest BCUT2D eigenvalue weighted by Crippen LogP contribution is 2.19. The van der Waals surface area contributed by atoms with Crippen molar-refractivity contribution in [2.24, 2.45) is 0 Å². The number of rotatable bonds is 6. The number of hydrogen-bond donors (Lipinski definition) is 1. The molecule has 0 spiro atoms. The smallest absolute Gasteiger partial charge is 0.266 e. The molecule has 1 N–H and O–H groups in total. The van der Waals surface area contributed by atoms with Crippen molar-refractivity contribution in [3.8, 4) is 11.3 Å². The van der Waals surface area contributed by atoms with Crippen LogP contribution in [0.3, 0.4) is 0 Å². The minimum Gasteiger partial charge on any atom is -0.350 e. The van der Waals surface area contributed by atoms with Gasteiger partial charge in [-0.1, -0.05) is 35.9 Å². The Morgan fingerprint density at radius 3 is 2.64 bits per heavy atom. The third-order valence-electron chi connectivity index (χ3n) is 4.29. The van der Waals surface area contributed by atoms with Crippen LogP contribution in [0.2, 0.25) is 5.02 Å². The number of carbonyl (C=O) groups excluding carboxylic acids is 1. The van der Waals surface area contributed by atoms with Crippen molar-refractivity contribution < 1.29 is 9.18 Å². The van der Waals surface area contributed by atoms with E-state index in [-0.39, 0.29) is 36.3 Å². The number of aryl methyl sites for hydroxylation is 1. The molecule has 2 aromatic carbocycles. The Morgan fingerprint density at radius 1 is 1.18 bits per heavy atom. The number of nitrogens with one attached hydrogen (secondary N) is 1. The lowest BCUT2D eigenvalue weighted by molar-refractivity contribution is -0.122. The van der Waals surface area contributed by atoms with Crippen LogP contribution in [0.4, 0.5) is 4.39 Å². The zero-order valence-corrected chi connectivity index (χ0v) is 16.0. The third-order valence-corrected chi connectivity index (χ3v) is 4.52. The maximum atomic E-state index is 13.0. The van der Waals surface area contributed by atoms with Gasteiger partial charge in [-0.3, -0.25) is 9.59 Å². The Bertz CT molecular complexity index is 1030. The molecule has 0 bridgehead atoms. The number of carbonyl (C=O) groups is 1. The molecule has 7 heteroatoms. The summed E-state index contributed by atoms with van der Waals surface area (Å²) in [5.41, 5.74) is 1.90. The van der Waals surface area contributed by atoms with Gasteiger partial charge >= 0.3 is 0 Å². The van der Waals surface area contributed by atoms with E-state index in [1.807, 2.05) is 13.0 Å². The minimum absolute atomic E-state index is 0.0947. The highest BCUT2D eigenvalue weighted by atomic mass is 35.5. The third kappa shape index (κ3) is 5.04. The summed E-state index contributed by atoms with van der Waals surface area (Å²) in [6, 6.07) is 15.9. The molecule has 5 nitrogen and oxygen atoms in total. The number of amides is 1. The summed E-state index contributed by atoms with van der Waals surface area (Å²) < 4.78 is 14.3. The molecule has 1 amide bonds. The molecule has 1 atom stereocenters. The van der Waals surface area contributed by atoms with Crippen LogP contribution >= 0.6 is 11.6 Å². The van der Waals surface area contributed by atoms with E-state index in [0.29, 0.717) is 10.7 Å². The van der Waals surface area contributed by atoms with Crippen LogP contribution in [0.5, 0.6) is 0 Å². The number of halogens is 2. The van der Waals surface area contributed by atoms with E-state index in [1.165, 1.54) is 22.9 Å². The van der Waals surface area contributed by atoms with Crippen molar-refractivity contribution in [2.45, 2.75) is 25.9 Å². The summed E-state index contributed by atoms with van der Waals surface area (Å²) >= 11 is 6.01. The van der Waals surface area contributed by atoms with E-state index in [2.05, 4.69) is 10.4 Å². The molecule has 0 unspecified atom stereocenters. The van der Waals surface area contributed by atoms with Crippen LogP contribution < -0.4 is 10.9 Å². The summed E-state index contributed by atoms with van der Waals surface area (Å²) in [5, 5.41) is 7.74. The highest BCUT2D eigenvalue weighted by Gasteiger charge is 2.11. The van der Waals surface area contributed by atoms with Crippen molar-refractivity contribution in [3.05, 3.63) is 87.4 Å². The molecule has 0 aliphatic heterocycles. The van der Waals surface area contributed by atoms with Gasteiger partial charge < -0.3 is 5.32 Å². The summed E-state index contributed by atoms with van der Waals surface area (Å²) in [5.74, 6) is -0.550. The summed E-state index contributed by atoms with van der Waals surface area (Å²) in [4.78, 5) is 24.3.